The highest BCUT2D eigenvalue weighted by Crippen LogP contribution is 2.25. The summed E-state index contributed by atoms with van der Waals surface area (Å²) in [6.07, 6.45) is 5.34. The Labute approximate surface area is 156 Å². The number of aryl methyl sites for hydroxylation is 1. The molecular weight excluding hydrogens is 326 g/mol. The van der Waals surface area contributed by atoms with Crippen molar-refractivity contribution in [1.29, 1.82) is 0 Å². The van der Waals surface area contributed by atoms with Gasteiger partial charge in [-0.05, 0) is 50.4 Å². The first-order valence-electron chi connectivity index (χ1n) is 9.99. The second-order valence-electron chi connectivity index (χ2n) is 7.64. The summed E-state index contributed by atoms with van der Waals surface area (Å²) in [5.41, 5.74) is 2.00. The molecule has 2 saturated heterocycles. The molecule has 0 radical (unpaired) electrons. The fourth-order valence-corrected chi connectivity index (χ4v) is 4.00. The van der Waals surface area contributed by atoms with Crippen LogP contribution >= 0.6 is 0 Å². The summed E-state index contributed by atoms with van der Waals surface area (Å²) in [5, 5.41) is 2.90. The standard InChI is InChI=1S/C21H31N3O2/c1-3-17-8-6-9-18(13-17)22-20(25)10-11-21(26)23-14-19(15-23)24-12-5-4-7-16(24)2/h6,8-9,13,16,19H,3-5,7,10-12,14-15H2,1-2H3,(H,22,25). The molecule has 0 spiro atoms. The van der Waals surface area contributed by atoms with Gasteiger partial charge in [-0.1, -0.05) is 25.5 Å². The van der Waals surface area contributed by atoms with Gasteiger partial charge in [0.25, 0.3) is 0 Å². The molecule has 1 aromatic carbocycles. The Balaban J connectivity index is 1.38. The molecule has 2 amide bonds. The van der Waals surface area contributed by atoms with Gasteiger partial charge in [0, 0.05) is 43.7 Å². The minimum atomic E-state index is -0.0895. The van der Waals surface area contributed by atoms with Crippen molar-refractivity contribution >= 4 is 17.5 Å². The zero-order valence-electron chi connectivity index (χ0n) is 16.0. The number of amides is 2. The van der Waals surface area contributed by atoms with Gasteiger partial charge in [-0.15, -0.1) is 0 Å². The monoisotopic (exact) mass is 357 g/mol. The summed E-state index contributed by atoms with van der Waals surface area (Å²) in [6, 6.07) is 9.01. The van der Waals surface area contributed by atoms with Gasteiger partial charge in [0.1, 0.15) is 0 Å². The Morgan fingerprint density at radius 3 is 2.73 bits per heavy atom. The second kappa shape index (κ2) is 8.67. The molecule has 142 valence electrons. The number of carbonyl (C=O) groups excluding carboxylic acids is 2. The summed E-state index contributed by atoms with van der Waals surface area (Å²) < 4.78 is 0. The minimum Gasteiger partial charge on any atom is -0.339 e. The SMILES string of the molecule is CCc1cccc(NC(=O)CCC(=O)N2CC(N3CCCCC3C)C2)c1. The van der Waals surface area contributed by atoms with Crippen LogP contribution in [0.1, 0.15) is 51.5 Å². The fourth-order valence-electron chi connectivity index (χ4n) is 4.00. The van der Waals surface area contributed by atoms with Crippen molar-refractivity contribution in [3.8, 4) is 0 Å². The Hall–Kier alpha value is -1.88. The molecule has 2 aliphatic rings. The molecule has 5 heteroatoms. The first-order valence-corrected chi connectivity index (χ1v) is 9.99. The van der Waals surface area contributed by atoms with E-state index >= 15 is 0 Å². The largest absolute Gasteiger partial charge is 0.339 e. The van der Waals surface area contributed by atoms with Crippen molar-refractivity contribution in [2.75, 3.05) is 25.0 Å². The molecule has 3 rings (SSSR count). The Bertz CT molecular complexity index is 640. The number of nitrogens with one attached hydrogen (secondary N) is 1. The van der Waals surface area contributed by atoms with E-state index in [1.807, 2.05) is 29.2 Å². The van der Waals surface area contributed by atoms with E-state index in [0.717, 1.165) is 31.7 Å². The topological polar surface area (TPSA) is 52.7 Å². The van der Waals surface area contributed by atoms with Gasteiger partial charge >= 0.3 is 0 Å². The van der Waals surface area contributed by atoms with Crippen molar-refractivity contribution in [3.63, 3.8) is 0 Å². The molecular formula is C21H31N3O2. The maximum atomic E-state index is 12.3. The van der Waals surface area contributed by atoms with E-state index < -0.39 is 0 Å². The van der Waals surface area contributed by atoms with E-state index in [1.54, 1.807) is 0 Å². The van der Waals surface area contributed by atoms with Crippen LogP contribution in [0.25, 0.3) is 0 Å². The van der Waals surface area contributed by atoms with Crippen LogP contribution in [0.5, 0.6) is 0 Å². The van der Waals surface area contributed by atoms with Crippen molar-refractivity contribution < 1.29 is 9.59 Å². The van der Waals surface area contributed by atoms with Crippen LogP contribution in [0, 0.1) is 0 Å². The molecule has 1 unspecified atom stereocenters. The molecule has 1 aromatic rings. The van der Waals surface area contributed by atoms with Crippen LogP contribution in [0.15, 0.2) is 24.3 Å². The number of nitrogens with zero attached hydrogens (tertiary/aromatic N) is 2. The molecule has 0 aliphatic carbocycles. The third-order valence-corrected chi connectivity index (χ3v) is 5.72. The van der Waals surface area contributed by atoms with Crippen LogP contribution < -0.4 is 5.32 Å². The van der Waals surface area contributed by atoms with Gasteiger partial charge in [0.2, 0.25) is 11.8 Å². The van der Waals surface area contributed by atoms with Crippen molar-refractivity contribution in [2.45, 2.75) is 64.5 Å². The van der Waals surface area contributed by atoms with Crippen LogP contribution in [0.2, 0.25) is 0 Å². The number of rotatable bonds is 6. The average molecular weight is 357 g/mol. The highest BCUT2D eigenvalue weighted by Gasteiger charge is 2.37. The molecule has 2 aliphatic heterocycles. The Kier molecular flexibility index (Phi) is 6.30. The highest BCUT2D eigenvalue weighted by atomic mass is 16.2. The van der Waals surface area contributed by atoms with Crippen LogP contribution in [-0.4, -0.2) is 53.3 Å². The maximum Gasteiger partial charge on any atom is 0.224 e. The third-order valence-electron chi connectivity index (χ3n) is 5.72. The number of benzene rings is 1. The predicted molar refractivity (Wildman–Crippen MR) is 104 cm³/mol. The average Bonchev–Trinajstić information content (AvgIpc) is 2.60. The Morgan fingerprint density at radius 1 is 1.19 bits per heavy atom. The lowest BCUT2D eigenvalue weighted by Crippen LogP contribution is -2.63. The summed E-state index contributed by atoms with van der Waals surface area (Å²) in [7, 11) is 0. The zero-order chi connectivity index (χ0) is 18.5. The maximum absolute atomic E-state index is 12.3. The van der Waals surface area contributed by atoms with E-state index in [9.17, 15) is 9.59 Å². The molecule has 0 saturated carbocycles. The summed E-state index contributed by atoms with van der Waals surface area (Å²) >= 11 is 0. The van der Waals surface area contributed by atoms with Gasteiger partial charge in [-0.3, -0.25) is 14.5 Å². The number of anilines is 1. The molecule has 5 nitrogen and oxygen atoms in total. The highest BCUT2D eigenvalue weighted by molar-refractivity contribution is 5.93. The van der Waals surface area contributed by atoms with E-state index in [0.29, 0.717) is 18.5 Å². The number of hydrogen-bond donors (Lipinski definition) is 1. The van der Waals surface area contributed by atoms with Gasteiger partial charge in [-0.2, -0.15) is 0 Å². The predicted octanol–water partition coefficient (Wildman–Crippen LogP) is 3.05. The zero-order valence-corrected chi connectivity index (χ0v) is 16.0. The van der Waals surface area contributed by atoms with E-state index in [2.05, 4.69) is 24.1 Å². The van der Waals surface area contributed by atoms with Gasteiger partial charge < -0.3 is 10.2 Å². The van der Waals surface area contributed by atoms with Crippen molar-refractivity contribution in [2.24, 2.45) is 0 Å². The third kappa shape index (κ3) is 4.64. The van der Waals surface area contributed by atoms with Crippen LogP contribution in [-0.2, 0) is 16.0 Å². The van der Waals surface area contributed by atoms with Crippen LogP contribution in [0.3, 0.4) is 0 Å². The molecule has 1 N–H and O–H groups in total. The number of likely N-dealkylation sites (tertiary alicyclic amines) is 2. The quantitative estimate of drug-likeness (QED) is 0.851. The minimum absolute atomic E-state index is 0.0895. The molecule has 1 atom stereocenters. The fraction of sp³-hybridized carbons (Fsp3) is 0.619. The summed E-state index contributed by atoms with van der Waals surface area (Å²) in [5.74, 6) is 0.0108. The lowest BCUT2D eigenvalue weighted by atomic mass is 9.97. The van der Waals surface area contributed by atoms with Crippen molar-refractivity contribution in [3.05, 3.63) is 29.8 Å². The molecule has 0 bridgehead atoms. The number of piperidine rings is 1. The summed E-state index contributed by atoms with van der Waals surface area (Å²) in [4.78, 5) is 28.9. The van der Waals surface area contributed by atoms with E-state index in [-0.39, 0.29) is 18.2 Å². The van der Waals surface area contributed by atoms with E-state index in [1.165, 1.54) is 24.8 Å². The van der Waals surface area contributed by atoms with Crippen molar-refractivity contribution in [1.82, 2.24) is 9.80 Å². The smallest absolute Gasteiger partial charge is 0.224 e. The lowest BCUT2D eigenvalue weighted by molar-refractivity contribution is -0.140. The van der Waals surface area contributed by atoms with Gasteiger partial charge in [-0.25, -0.2) is 0 Å². The molecule has 2 fully saturated rings. The number of hydrogen-bond acceptors (Lipinski definition) is 3. The molecule has 26 heavy (non-hydrogen) atoms. The molecule has 0 aromatic heterocycles. The molecule has 2 heterocycles. The lowest BCUT2D eigenvalue weighted by Gasteiger charge is -2.49. The normalized spacial score (nSPS) is 21.3. The second-order valence-corrected chi connectivity index (χ2v) is 7.64. The Morgan fingerprint density at radius 2 is 2.00 bits per heavy atom. The first kappa shape index (κ1) is 18.9. The van der Waals surface area contributed by atoms with Gasteiger partial charge in [0.15, 0.2) is 0 Å². The summed E-state index contributed by atoms with van der Waals surface area (Å²) in [6.45, 7) is 7.19. The first-order chi connectivity index (χ1) is 12.6. The van der Waals surface area contributed by atoms with E-state index in [4.69, 9.17) is 0 Å². The number of carbonyl (C=O) groups is 2. The van der Waals surface area contributed by atoms with Crippen LogP contribution in [0.4, 0.5) is 5.69 Å². The van der Waals surface area contributed by atoms with Gasteiger partial charge in [0.05, 0.1) is 0 Å².